The van der Waals surface area contributed by atoms with Gasteiger partial charge in [0.15, 0.2) is 0 Å². The first-order valence-electron chi connectivity index (χ1n) is 13.4. The molecule has 1 aliphatic heterocycles. The molecule has 2 aromatic rings. The van der Waals surface area contributed by atoms with Crippen molar-refractivity contribution in [3.63, 3.8) is 0 Å². The second kappa shape index (κ2) is 12.6. The Kier molecular flexibility index (Phi) is 9.55. The molecule has 8 nitrogen and oxygen atoms in total. The van der Waals surface area contributed by atoms with E-state index in [0.29, 0.717) is 29.1 Å². The molecule has 0 fully saturated rings. The van der Waals surface area contributed by atoms with Gasteiger partial charge in [-0.3, -0.25) is 4.90 Å². The first kappa shape index (κ1) is 28.8. The third-order valence-electron chi connectivity index (χ3n) is 6.63. The second-order valence-corrected chi connectivity index (χ2v) is 10.1. The van der Waals surface area contributed by atoms with Gasteiger partial charge < -0.3 is 20.7 Å². The van der Waals surface area contributed by atoms with E-state index in [2.05, 4.69) is 43.6 Å². The number of amides is 4. The van der Waals surface area contributed by atoms with Crippen molar-refractivity contribution >= 4 is 29.4 Å². The van der Waals surface area contributed by atoms with Crippen molar-refractivity contribution < 1.29 is 19.1 Å². The zero-order valence-electron chi connectivity index (χ0n) is 23.5. The number of allylic oxidation sites excluding steroid dienone is 1. The van der Waals surface area contributed by atoms with Crippen LogP contribution in [0.3, 0.4) is 0 Å². The fourth-order valence-electron chi connectivity index (χ4n) is 4.76. The van der Waals surface area contributed by atoms with E-state index in [9.17, 15) is 14.4 Å². The first-order valence-corrected chi connectivity index (χ1v) is 13.4. The predicted octanol–water partition coefficient (Wildman–Crippen LogP) is 6.89. The van der Waals surface area contributed by atoms with Crippen LogP contribution in [0, 0.1) is 0 Å². The molecule has 0 aromatic heterocycles. The van der Waals surface area contributed by atoms with Crippen LogP contribution in [-0.2, 0) is 9.53 Å². The second-order valence-electron chi connectivity index (χ2n) is 10.1. The lowest BCUT2D eigenvalue weighted by atomic mass is 9.93. The quantitative estimate of drug-likeness (QED) is 0.313. The highest BCUT2D eigenvalue weighted by Crippen LogP contribution is 2.34. The van der Waals surface area contributed by atoms with Gasteiger partial charge in [0.05, 0.1) is 18.2 Å². The minimum absolute atomic E-state index is 0.224. The van der Waals surface area contributed by atoms with Crippen LogP contribution in [0.25, 0.3) is 0 Å². The summed E-state index contributed by atoms with van der Waals surface area (Å²) in [5, 5.41) is 8.92. The van der Waals surface area contributed by atoms with Gasteiger partial charge in [-0.25, -0.2) is 14.4 Å². The molecule has 0 unspecified atom stereocenters. The van der Waals surface area contributed by atoms with Crippen molar-refractivity contribution in [1.29, 1.82) is 0 Å². The fourth-order valence-corrected chi connectivity index (χ4v) is 4.76. The summed E-state index contributed by atoms with van der Waals surface area (Å²) in [4.78, 5) is 40.5. The van der Waals surface area contributed by atoms with E-state index in [0.717, 1.165) is 23.2 Å². The molecule has 1 atom stereocenters. The summed E-state index contributed by atoms with van der Waals surface area (Å²) in [6, 6.07) is 11.9. The number of carbonyl (C=O) groups excluding carboxylic acids is 3. The molecule has 0 radical (unpaired) electrons. The van der Waals surface area contributed by atoms with Crippen molar-refractivity contribution in [3.05, 3.63) is 70.4 Å². The van der Waals surface area contributed by atoms with Gasteiger partial charge in [0, 0.05) is 23.6 Å². The Morgan fingerprint density at radius 1 is 1.00 bits per heavy atom. The normalized spacial score (nSPS) is 15.6. The molecule has 1 heterocycles. The number of benzene rings is 2. The molecule has 0 bridgehead atoms. The standard InChI is InChI=1S/C30H40N4O4/c1-8-16-34-20(7)25(28(35)38-9-2)26(33-30(34)37)21-12-10-13-22(17-21)31-29(36)32-27-23(18(3)4)14-11-15-24(27)19(5)6/h10-15,17-19,26H,8-9,16H2,1-7H3,(H,33,37)(H2,31,32,36)/t26-/m1/s1. The van der Waals surface area contributed by atoms with E-state index in [4.69, 9.17) is 4.74 Å². The van der Waals surface area contributed by atoms with Gasteiger partial charge in [-0.2, -0.15) is 0 Å². The monoisotopic (exact) mass is 520 g/mol. The molecular weight excluding hydrogens is 480 g/mol. The Bertz CT molecular complexity index is 1190. The van der Waals surface area contributed by atoms with Gasteiger partial charge >= 0.3 is 18.0 Å². The highest BCUT2D eigenvalue weighted by molar-refractivity contribution is 6.01. The van der Waals surface area contributed by atoms with Crippen LogP contribution in [0.1, 0.15) is 89.5 Å². The summed E-state index contributed by atoms with van der Waals surface area (Å²) in [5.74, 6) is 0.00962. The molecule has 3 N–H and O–H groups in total. The molecule has 38 heavy (non-hydrogen) atoms. The highest BCUT2D eigenvalue weighted by Gasteiger charge is 2.36. The van der Waals surface area contributed by atoms with Crippen LogP contribution in [0.15, 0.2) is 53.7 Å². The van der Waals surface area contributed by atoms with Gasteiger partial charge in [0.25, 0.3) is 0 Å². The average molecular weight is 521 g/mol. The molecule has 204 valence electrons. The van der Waals surface area contributed by atoms with Gasteiger partial charge in [0.1, 0.15) is 0 Å². The molecular formula is C30H40N4O4. The number of urea groups is 2. The summed E-state index contributed by atoms with van der Waals surface area (Å²) >= 11 is 0. The summed E-state index contributed by atoms with van der Waals surface area (Å²) in [5.41, 5.74) is 5.13. The number of hydrogen-bond donors (Lipinski definition) is 3. The van der Waals surface area contributed by atoms with E-state index >= 15 is 0 Å². The summed E-state index contributed by atoms with van der Waals surface area (Å²) in [7, 11) is 0. The van der Waals surface area contributed by atoms with E-state index in [1.807, 2.05) is 31.2 Å². The maximum Gasteiger partial charge on any atom is 0.338 e. The number of hydrogen-bond acceptors (Lipinski definition) is 4. The maximum absolute atomic E-state index is 13.1. The van der Waals surface area contributed by atoms with Gasteiger partial charge in [-0.1, -0.05) is 65.0 Å². The molecule has 0 saturated heterocycles. The lowest BCUT2D eigenvalue weighted by molar-refractivity contribution is -0.139. The van der Waals surface area contributed by atoms with Crippen molar-refractivity contribution in [1.82, 2.24) is 10.2 Å². The van der Waals surface area contributed by atoms with E-state index < -0.39 is 12.0 Å². The molecule has 4 amide bonds. The Labute approximate surface area is 225 Å². The van der Waals surface area contributed by atoms with Gasteiger partial charge in [-0.05, 0) is 60.9 Å². The number of carbonyl (C=O) groups is 3. The van der Waals surface area contributed by atoms with Crippen molar-refractivity contribution in [3.8, 4) is 0 Å². The first-order chi connectivity index (χ1) is 18.1. The molecule has 0 saturated carbocycles. The Morgan fingerprint density at radius 3 is 2.21 bits per heavy atom. The Hall–Kier alpha value is -3.81. The summed E-state index contributed by atoms with van der Waals surface area (Å²) in [6.45, 7) is 14.6. The lowest BCUT2D eigenvalue weighted by Crippen LogP contribution is -2.48. The molecule has 1 aliphatic rings. The van der Waals surface area contributed by atoms with Crippen LogP contribution >= 0.6 is 0 Å². The highest BCUT2D eigenvalue weighted by atomic mass is 16.5. The molecule has 8 heteroatoms. The predicted molar refractivity (Wildman–Crippen MR) is 151 cm³/mol. The van der Waals surface area contributed by atoms with E-state index in [-0.39, 0.29) is 30.5 Å². The average Bonchev–Trinajstić information content (AvgIpc) is 2.86. The van der Waals surface area contributed by atoms with Crippen molar-refractivity contribution in [2.45, 2.75) is 72.8 Å². The minimum atomic E-state index is -0.700. The largest absolute Gasteiger partial charge is 0.463 e. The third-order valence-corrected chi connectivity index (χ3v) is 6.63. The molecule has 2 aromatic carbocycles. The SMILES string of the molecule is CCCN1C(=O)N[C@H](c2cccc(NC(=O)Nc3c(C(C)C)cccc3C(C)C)c2)C(C(=O)OCC)=C1C. The van der Waals surface area contributed by atoms with Gasteiger partial charge in [-0.15, -0.1) is 0 Å². The number of nitrogens with one attached hydrogen (secondary N) is 3. The zero-order valence-corrected chi connectivity index (χ0v) is 23.5. The maximum atomic E-state index is 13.1. The molecule has 3 rings (SSSR count). The van der Waals surface area contributed by atoms with E-state index in [1.54, 1.807) is 36.9 Å². The van der Waals surface area contributed by atoms with E-state index in [1.165, 1.54) is 0 Å². The smallest absolute Gasteiger partial charge is 0.338 e. The van der Waals surface area contributed by atoms with Crippen LogP contribution in [-0.4, -0.2) is 36.1 Å². The van der Waals surface area contributed by atoms with Gasteiger partial charge in [0.2, 0.25) is 0 Å². The van der Waals surface area contributed by atoms with Crippen molar-refractivity contribution in [2.24, 2.45) is 0 Å². The lowest BCUT2D eigenvalue weighted by Gasteiger charge is -2.35. The minimum Gasteiger partial charge on any atom is -0.463 e. The molecule has 0 spiro atoms. The number of nitrogens with zero attached hydrogens (tertiary/aromatic N) is 1. The number of ether oxygens (including phenoxy) is 1. The third kappa shape index (κ3) is 6.36. The zero-order chi connectivity index (χ0) is 28.0. The van der Waals surface area contributed by atoms with Crippen LogP contribution in [0.4, 0.5) is 21.0 Å². The Morgan fingerprint density at radius 2 is 1.63 bits per heavy atom. The fraction of sp³-hybridized carbons (Fsp3) is 0.433. The number of rotatable bonds is 9. The van der Waals surface area contributed by atoms with Crippen molar-refractivity contribution in [2.75, 3.05) is 23.8 Å². The topological polar surface area (TPSA) is 99.8 Å². The number of para-hydroxylation sites is 1. The van der Waals surface area contributed by atoms with Crippen LogP contribution in [0.2, 0.25) is 0 Å². The summed E-state index contributed by atoms with van der Waals surface area (Å²) in [6.07, 6.45) is 0.749. The molecule has 0 aliphatic carbocycles. The number of esters is 1. The Balaban J connectivity index is 1.91. The van der Waals surface area contributed by atoms with Crippen LogP contribution in [0.5, 0.6) is 0 Å². The summed E-state index contributed by atoms with van der Waals surface area (Å²) < 4.78 is 5.33. The van der Waals surface area contributed by atoms with Crippen LogP contribution < -0.4 is 16.0 Å². The number of anilines is 2.